The first-order chi connectivity index (χ1) is 7.70. The van der Waals surface area contributed by atoms with Crippen molar-refractivity contribution in [2.45, 2.75) is 58.9 Å². The normalized spacial score (nSPS) is 44.6. The molecule has 3 fully saturated rings. The van der Waals surface area contributed by atoms with Crippen LogP contribution in [0.3, 0.4) is 0 Å². The van der Waals surface area contributed by atoms with Crippen LogP contribution >= 0.6 is 0 Å². The van der Waals surface area contributed by atoms with Crippen LogP contribution in [0.5, 0.6) is 0 Å². The van der Waals surface area contributed by atoms with E-state index in [1.165, 1.54) is 25.7 Å². The van der Waals surface area contributed by atoms with Gasteiger partial charge in [-0.05, 0) is 49.9 Å². The van der Waals surface area contributed by atoms with E-state index in [1.807, 2.05) is 13.8 Å². The van der Waals surface area contributed by atoms with Gasteiger partial charge in [0.25, 0.3) is 0 Å². The molecule has 1 N–H and O–H groups in total. The lowest BCUT2D eigenvalue weighted by Gasteiger charge is -2.33. The van der Waals surface area contributed by atoms with Crippen molar-refractivity contribution >= 4 is 5.78 Å². The van der Waals surface area contributed by atoms with Gasteiger partial charge in [-0.2, -0.15) is 0 Å². The molecule has 92 valence electrons. The Morgan fingerprint density at radius 3 is 2.44 bits per heavy atom. The van der Waals surface area contributed by atoms with Gasteiger partial charge in [0.15, 0.2) is 0 Å². The Hall–Kier alpha value is -0.370. The van der Waals surface area contributed by atoms with E-state index >= 15 is 0 Å². The summed E-state index contributed by atoms with van der Waals surface area (Å²) >= 11 is 0. The lowest BCUT2D eigenvalue weighted by molar-refractivity contribution is -0.118. The van der Waals surface area contributed by atoms with Crippen LogP contribution < -0.4 is 5.32 Å². The van der Waals surface area contributed by atoms with Crippen LogP contribution in [-0.2, 0) is 4.79 Å². The number of ketones is 1. The Balaban J connectivity index is 0.000000457. The smallest absolute Gasteiger partial charge is 0.146 e. The summed E-state index contributed by atoms with van der Waals surface area (Å²) in [4.78, 5) is 11.3. The predicted octanol–water partition coefficient (Wildman–Crippen LogP) is 2.77. The van der Waals surface area contributed by atoms with Crippen LogP contribution in [0.4, 0.5) is 0 Å². The SMILES string of the molecule is CC.CC(=O)C1CC2(CN1)CC1CCC2C1. The van der Waals surface area contributed by atoms with E-state index in [2.05, 4.69) is 5.32 Å². The lowest BCUT2D eigenvalue weighted by Crippen LogP contribution is -2.30. The second-order valence-electron chi connectivity index (χ2n) is 5.69. The largest absolute Gasteiger partial charge is 0.307 e. The molecule has 4 atom stereocenters. The standard InChI is InChI=1S/C12H19NO.C2H6/c1-8(14)11-6-12(7-13-11)5-9-2-3-10(12)4-9;1-2/h9-11,13H,2-7H2,1H3;1-2H3. The molecule has 0 amide bonds. The molecule has 0 aromatic heterocycles. The maximum Gasteiger partial charge on any atom is 0.146 e. The molecule has 0 radical (unpaired) electrons. The van der Waals surface area contributed by atoms with Gasteiger partial charge in [-0.1, -0.05) is 20.3 Å². The third-order valence-corrected chi connectivity index (χ3v) is 4.90. The monoisotopic (exact) mass is 223 g/mol. The maximum atomic E-state index is 11.3. The van der Waals surface area contributed by atoms with Gasteiger partial charge in [-0.25, -0.2) is 0 Å². The van der Waals surface area contributed by atoms with Crippen LogP contribution in [0.15, 0.2) is 0 Å². The van der Waals surface area contributed by atoms with Crippen LogP contribution in [0.2, 0.25) is 0 Å². The molecular weight excluding hydrogens is 198 g/mol. The average molecular weight is 223 g/mol. The third kappa shape index (κ3) is 1.81. The highest BCUT2D eigenvalue weighted by atomic mass is 16.1. The van der Waals surface area contributed by atoms with E-state index in [9.17, 15) is 4.79 Å². The molecule has 2 heteroatoms. The predicted molar refractivity (Wildman–Crippen MR) is 66.3 cm³/mol. The van der Waals surface area contributed by atoms with Crippen molar-refractivity contribution in [3.8, 4) is 0 Å². The van der Waals surface area contributed by atoms with Crippen molar-refractivity contribution in [1.29, 1.82) is 0 Å². The quantitative estimate of drug-likeness (QED) is 0.740. The fourth-order valence-corrected chi connectivity index (χ4v) is 4.19. The first kappa shape index (κ1) is 12.1. The summed E-state index contributed by atoms with van der Waals surface area (Å²) in [6, 6.07) is 0.175. The van der Waals surface area contributed by atoms with E-state index < -0.39 is 0 Å². The molecule has 4 unspecified atom stereocenters. The van der Waals surface area contributed by atoms with Gasteiger partial charge in [0.2, 0.25) is 0 Å². The number of carbonyl (C=O) groups excluding carboxylic acids is 1. The van der Waals surface area contributed by atoms with Gasteiger partial charge in [0, 0.05) is 6.54 Å². The Morgan fingerprint density at radius 1 is 1.25 bits per heavy atom. The molecule has 3 aliphatic rings. The van der Waals surface area contributed by atoms with Crippen LogP contribution in [0, 0.1) is 17.3 Å². The van der Waals surface area contributed by atoms with Gasteiger partial charge < -0.3 is 5.32 Å². The zero-order valence-electron chi connectivity index (χ0n) is 10.9. The summed E-state index contributed by atoms with van der Waals surface area (Å²) in [6.45, 7) is 6.84. The topological polar surface area (TPSA) is 29.1 Å². The number of carbonyl (C=O) groups is 1. The molecule has 3 rings (SSSR count). The van der Waals surface area contributed by atoms with Crippen molar-refractivity contribution in [1.82, 2.24) is 5.32 Å². The van der Waals surface area contributed by atoms with E-state index in [0.717, 1.165) is 24.8 Å². The highest BCUT2D eigenvalue weighted by Crippen LogP contribution is 2.59. The molecule has 1 spiro atoms. The molecule has 1 heterocycles. The fraction of sp³-hybridized carbons (Fsp3) is 0.929. The Labute approximate surface area is 99.2 Å². The number of Topliss-reactive ketones (excluding diaryl/α,β-unsaturated/α-hetero) is 1. The summed E-state index contributed by atoms with van der Waals surface area (Å²) in [5.74, 6) is 2.27. The summed E-state index contributed by atoms with van der Waals surface area (Å²) in [5, 5.41) is 3.42. The van der Waals surface area contributed by atoms with Crippen molar-refractivity contribution < 1.29 is 4.79 Å². The first-order valence-electron chi connectivity index (χ1n) is 6.93. The van der Waals surface area contributed by atoms with Crippen LogP contribution in [-0.4, -0.2) is 18.4 Å². The van der Waals surface area contributed by atoms with E-state index in [0.29, 0.717) is 11.2 Å². The summed E-state index contributed by atoms with van der Waals surface area (Å²) < 4.78 is 0. The maximum absolute atomic E-state index is 11.3. The molecular formula is C14H25NO. The van der Waals surface area contributed by atoms with E-state index in [-0.39, 0.29) is 6.04 Å². The summed E-state index contributed by atoms with van der Waals surface area (Å²) in [6.07, 6.45) is 6.86. The van der Waals surface area contributed by atoms with Gasteiger partial charge in [0.05, 0.1) is 6.04 Å². The highest BCUT2D eigenvalue weighted by molar-refractivity contribution is 5.81. The van der Waals surface area contributed by atoms with Crippen molar-refractivity contribution in [3.63, 3.8) is 0 Å². The lowest BCUT2D eigenvalue weighted by atomic mass is 9.71. The summed E-state index contributed by atoms with van der Waals surface area (Å²) in [5.41, 5.74) is 0.527. The Morgan fingerprint density at radius 2 is 2.00 bits per heavy atom. The van der Waals surface area contributed by atoms with Gasteiger partial charge in [-0.3, -0.25) is 4.79 Å². The molecule has 16 heavy (non-hydrogen) atoms. The van der Waals surface area contributed by atoms with E-state index in [1.54, 1.807) is 6.92 Å². The molecule has 0 aromatic rings. The zero-order chi connectivity index (χ0) is 11.8. The summed E-state index contributed by atoms with van der Waals surface area (Å²) in [7, 11) is 0. The fourth-order valence-electron chi connectivity index (χ4n) is 4.19. The second-order valence-corrected chi connectivity index (χ2v) is 5.69. The molecule has 2 bridgehead atoms. The number of hydrogen-bond acceptors (Lipinski definition) is 2. The minimum atomic E-state index is 0.175. The van der Waals surface area contributed by atoms with Gasteiger partial charge >= 0.3 is 0 Å². The third-order valence-electron chi connectivity index (χ3n) is 4.90. The number of nitrogens with one attached hydrogen (secondary N) is 1. The number of hydrogen-bond donors (Lipinski definition) is 1. The minimum absolute atomic E-state index is 0.175. The number of fused-ring (bicyclic) bond motifs is 3. The molecule has 2 saturated carbocycles. The molecule has 2 nitrogen and oxygen atoms in total. The Bertz CT molecular complexity index is 276. The first-order valence-corrected chi connectivity index (χ1v) is 6.93. The Kier molecular flexibility index (Phi) is 3.39. The van der Waals surface area contributed by atoms with Crippen molar-refractivity contribution in [3.05, 3.63) is 0 Å². The van der Waals surface area contributed by atoms with Crippen LogP contribution in [0.25, 0.3) is 0 Å². The minimum Gasteiger partial charge on any atom is -0.307 e. The number of rotatable bonds is 1. The molecule has 2 aliphatic carbocycles. The zero-order valence-corrected chi connectivity index (χ0v) is 10.9. The van der Waals surface area contributed by atoms with Crippen molar-refractivity contribution in [2.75, 3.05) is 6.54 Å². The van der Waals surface area contributed by atoms with Gasteiger partial charge in [0.1, 0.15) is 5.78 Å². The van der Waals surface area contributed by atoms with Crippen LogP contribution in [0.1, 0.15) is 52.9 Å². The molecule has 0 aromatic carbocycles. The molecule has 1 aliphatic heterocycles. The average Bonchev–Trinajstić information content (AvgIpc) is 2.96. The highest BCUT2D eigenvalue weighted by Gasteiger charge is 2.54. The van der Waals surface area contributed by atoms with E-state index in [4.69, 9.17) is 0 Å². The van der Waals surface area contributed by atoms with Crippen molar-refractivity contribution in [2.24, 2.45) is 17.3 Å². The second kappa shape index (κ2) is 4.48. The van der Waals surface area contributed by atoms with Gasteiger partial charge in [-0.15, -0.1) is 0 Å². The molecule has 1 saturated heterocycles.